The van der Waals surface area contributed by atoms with E-state index < -0.39 is 51.6 Å². The summed E-state index contributed by atoms with van der Waals surface area (Å²) in [5, 5.41) is -0.884. The van der Waals surface area contributed by atoms with E-state index in [0.717, 1.165) is 0 Å². The second-order valence-corrected chi connectivity index (χ2v) is 8.29. The second-order valence-electron chi connectivity index (χ2n) is 7.09. The Hall–Kier alpha value is -1.44. The summed E-state index contributed by atoms with van der Waals surface area (Å²) in [4.78, 5) is 4.73. The average Bonchev–Trinajstić information content (AvgIpc) is 3.09. The molecule has 176 valence electrons. The molecule has 2 heterocycles. The molecule has 14 heteroatoms. The minimum atomic E-state index is -6.28. The Kier molecular flexibility index (Phi) is 6.37. The number of hydrogen-bond acceptors (Lipinski definition) is 4. The van der Waals surface area contributed by atoms with Crippen LogP contribution in [0, 0.1) is 0 Å². The molecule has 0 N–H and O–H groups in total. The Labute approximate surface area is 174 Å². The Morgan fingerprint density at radius 2 is 1.45 bits per heavy atom. The molecule has 0 aromatic carbocycles. The van der Waals surface area contributed by atoms with Gasteiger partial charge in [-0.3, -0.25) is 0 Å². The Balaban J connectivity index is 2.21. The summed E-state index contributed by atoms with van der Waals surface area (Å²) in [5.74, 6) is -3.51. The molecule has 1 aliphatic carbocycles. The van der Waals surface area contributed by atoms with Gasteiger partial charge in [0.05, 0.1) is 13.2 Å². The Bertz CT molecular complexity index is 789. The van der Waals surface area contributed by atoms with Gasteiger partial charge in [-0.1, -0.05) is 11.8 Å². The molecule has 1 fully saturated rings. The lowest BCUT2D eigenvalue weighted by Crippen LogP contribution is -2.54. The minimum Gasteiger partial charge on any atom is -0.378 e. The molecule has 0 bridgehead atoms. The highest BCUT2D eigenvalue weighted by Gasteiger charge is 2.78. The number of hydrogen-bond donors (Lipinski definition) is 0. The first-order valence-corrected chi connectivity index (χ1v) is 9.95. The average molecular weight is 486 g/mol. The van der Waals surface area contributed by atoms with Gasteiger partial charge >= 0.3 is 18.5 Å². The Morgan fingerprint density at radius 3 is 1.97 bits per heavy atom. The summed E-state index contributed by atoms with van der Waals surface area (Å²) in [5.41, 5.74) is -2.31. The third kappa shape index (κ3) is 4.29. The first-order chi connectivity index (χ1) is 14.2. The summed E-state index contributed by atoms with van der Waals surface area (Å²) in [6.45, 7) is 1.19. The van der Waals surface area contributed by atoms with E-state index in [4.69, 9.17) is 4.74 Å². The third-order valence-electron chi connectivity index (χ3n) is 5.14. The first kappa shape index (κ1) is 24.2. The van der Waals surface area contributed by atoms with Gasteiger partial charge in [0.25, 0.3) is 4.75 Å². The van der Waals surface area contributed by atoms with E-state index in [2.05, 4.69) is 4.99 Å². The van der Waals surface area contributed by atoms with Crippen LogP contribution in [-0.2, 0) is 4.74 Å². The van der Waals surface area contributed by atoms with Gasteiger partial charge in [-0.2, -0.15) is 43.9 Å². The molecule has 0 saturated carbocycles. The molecule has 3 rings (SSSR count). The number of thioether (sulfide) groups is 1. The van der Waals surface area contributed by atoms with Crippen LogP contribution in [0.1, 0.15) is 25.7 Å². The fourth-order valence-corrected chi connectivity index (χ4v) is 4.94. The number of nitrogens with zero attached hydrogens (tertiary/aromatic N) is 2. The van der Waals surface area contributed by atoms with Crippen molar-refractivity contribution in [1.29, 1.82) is 0 Å². The number of morpholine rings is 1. The maximum absolute atomic E-state index is 14.0. The highest BCUT2D eigenvalue weighted by atomic mass is 32.2. The lowest BCUT2D eigenvalue weighted by atomic mass is 9.95. The summed E-state index contributed by atoms with van der Waals surface area (Å²) in [7, 11) is 0. The van der Waals surface area contributed by atoms with Gasteiger partial charge in [-0.05, 0) is 25.7 Å². The van der Waals surface area contributed by atoms with Crippen molar-refractivity contribution in [2.24, 2.45) is 4.99 Å². The summed E-state index contributed by atoms with van der Waals surface area (Å²) < 4.78 is 135. The largest absolute Gasteiger partial charge is 0.444 e. The summed E-state index contributed by atoms with van der Waals surface area (Å²) in [6.07, 6.45) is -17.3. The topological polar surface area (TPSA) is 24.8 Å². The van der Waals surface area contributed by atoms with Crippen LogP contribution in [0.25, 0.3) is 0 Å². The van der Waals surface area contributed by atoms with E-state index in [0.29, 0.717) is 38.0 Å². The van der Waals surface area contributed by atoms with Gasteiger partial charge in [0.15, 0.2) is 0 Å². The van der Waals surface area contributed by atoms with Crippen molar-refractivity contribution in [2.75, 3.05) is 26.3 Å². The highest BCUT2D eigenvalue weighted by molar-refractivity contribution is 8.16. The van der Waals surface area contributed by atoms with Crippen molar-refractivity contribution < 1.29 is 48.6 Å². The zero-order valence-electron chi connectivity index (χ0n) is 15.6. The van der Waals surface area contributed by atoms with Crippen LogP contribution in [0.3, 0.4) is 0 Å². The number of aliphatic imine (C=N–C) groups is 1. The number of allylic oxidation sites excluding steroid dienone is 2. The van der Waals surface area contributed by atoms with Crippen molar-refractivity contribution in [1.82, 2.24) is 4.90 Å². The predicted octanol–water partition coefficient (Wildman–Crippen LogP) is 5.90. The first-order valence-electron chi connectivity index (χ1n) is 9.14. The number of rotatable bonds is 2. The zero-order valence-corrected chi connectivity index (χ0v) is 16.5. The van der Waals surface area contributed by atoms with E-state index in [1.807, 2.05) is 0 Å². The van der Waals surface area contributed by atoms with Crippen LogP contribution in [0.15, 0.2) is 27.8 Å². The fraction of sp³-hybridized carbons (Fsp3) is 0.706. The number of ether oxygens (including phenoxy) is 1. The molecular formula is C17H16F10N2OS. The van der Waals surface area contributed by atoms with Gasteiger partial charge in [-0.15, -0.1) is 0 Å². The van der Waals surface area contributed by atoms with Crippen LogP contribution in [0.5, 0.6) is 0 Å². The lowest BCUT2D eigenvalue weighted by Gasteiger charge is -2.36. The maximum atomic E-state index is 14.0. The number of alkyl halides is 9. The van der Waals surface area contributed by atoms with Crippen LogP contribution < -0.4 is 0 Å². The van der Waals surface area contributed by atoms with Gasteiger partial charge in [0.2, 0.25) is 5.83 Å². The molecule has 0 spiro atoms. The molecule has 0 aromatic heterocycles. The van der Waals surface area contributed by atoms with Crippen LogP contribution in [-0.4, -0.2) is 59.5 Å². The van der Waals surface area contributed by atoms with E-state index in [9.17, 15) is 43.9 Å². The lowest BCUT2D eigenvalue weighted by molar-refractivity contribution is -0.253. The molecule has 0 aromatic rings. The van der Waals surface area contributed by atoms with E-state index in [1.165, 1.54) is 0 Å². The van der Waals surface area contributed by atoms with Crippen LogP contribution >= 0.6 is 11.8 Å². The van der Waals surface area contributed by atoms with E-state index in [-0.39, 0.29) is 25.2 Å². The molecule has 0 unspecified atom stereocenters. The normalized spacial score (nSPS) is 25.1. The molecule has 3 aliphatic rings. The molecule has 31 heavy (non-hydrogen) atoms. The molecule has 0 radical (unpaired) electrons. The standard InChI is InChI=1S/C17H16F10N2OS/c18-11(15(19,20)21)12-14(16(22,23)24,17(25,26)27)31-13(28-12)9-3-1-2-4-10(9)29-5-7-30-8-6-29/h1-8H2/b12-11+. The minimum absolute atomic E-state index is 0.0130. The van der Waals surface area contributed by atoms with Gasteiger partial charge < -0.3 is 9.64 Å². The SMILES string of the molecule is F/C(=C1/N=C(C2=C(N3CCOCC3)CCCC2)SC1(C(F)(F)F)C(F)(F)F)C(F)(F)F. The molecule has 2 aliphatic heterocycles. The molecule has 0 amide bonds. The van der Waals surface area contributed by atoms with Crippen molar-refractivity contribution in [2.45, 2.75) is 49.0 Å². The van der Waals surface area contributed by atoms with Gasteiger partial charge in [0.1, 0.15) is 10.7 Å². The fourth-order valence-electron chi connectivity index (χ4n) is 3.71. The number of halogens is 10. The molecule has 3 nitrogen and oxygen atoms in total. The molecular weight excluding hydrogens is 470 g/mol. The zero-order chi connectivity index (χ0) is 23.2. The maximum Gasteiger partial charge on any atom is 0.444 e. The Morgan fingerprint density at radius 1 is 0.903 bits per heavy atom. The van der Waals surface area contributed by atoms with Crippen molar-refractivity contribution in [3.63, 3.8) is 0 Å². The summed E-state index contributed by atoms with van der Waals surface area (Å²) >= 11 is -0.915. The quantitative estimate of drug-likeness (QED) is 0.455. The molecule has 0 atom stereocenters. The summed E-state index contributed by atoms with van der Waals surface area (Å²) in [6, 6.07) is 0. The van der Waals surface area contributed by atoms with Gasteiger partial charge in [-0.25, -0.2) is 4.99 Å². The van der Waals surface area contributed by atoms with E-state index in [1.54, 1.807) is 4.90 Å². The van der Waals surface area contributed by atoms with Gasteiger partial charge in [0, 0.05) is 24.4 Å². The van der Waals surface area contributed by atoms with Crippen LogP contribution in [0.2, 0.25) is 0 Å². The highest BCUT2D eigenvalue weighted by Crippen LogP contribution is 2.62. The second kappa shape index (κ2) is 8.16. The molecule has 1 saturated heterocycles. The van der Waals surface area contributed by atoms with E-state index >= 15 is 0 Å². The van der Waals surface area contributed by atoms with Crippen molar-refractivity contribution >= 4 is 16.8 Å². The van der Waals surface area contributed by atoms with Crippen molar-refractivity contribution in [3.05, 3.63) is 22.8 Å². The predicted molar refractivity (Wildman–Crippen MR) is 91.9 cm³/mol. The van der Waals surface area contributed by atoms with Crippen LogP contribution in [0.4, 0.5) is 43.9 Å². The smallest absolute Gasteiger partial charge is 0.378 e. The third-order valence-corrected chi connectivity index (χ3v) is 6.63. The monoisotopic (exact) mass is 486 g/mol. The van der Waals surface area contributed by atoms with Crippen molar-refractivity contribution in [3.8, 4) is 0 Å².